The Morgan fingerprint density at radius 1 is 1.56 bits per heavy atom. The molecule has 1 amide bonds. The van der Waals surface area contributed by atoms with Gasteiger partial charge in [0, 0.05) is 17.9 Å². The minimum absolute atomic E-state index is 0.00159. The molecular weight excluding hydrogens is 244 g/mol. The van der Waals surface area contributed by atoms with Gasteiger partial charge in [0.1, 0.15) is 0 Å². The predicted molar refractivity (Wildman–Crippen MR) is 72.2 cm³/mol. The van der Waals surface area contributed by atoms with Crippen molar-refractivity contribution in [2.45, 2.75) is 13.3 Å². The summed E-state index contributed by atoms with van der Waals surface area (Å²) in [6.07, 6.45) is 2.47. The first kappa shape index (κ1) is 13.2. The Labute approximate surface area is 105 Å². The predicted octanol–water partition coefficient (Wildman–Crippen LogP) is 2.92. The number of rotatable bonds is 4. The van der Waals surface area contributed by atoms with Crippen LogP contribution in [0.15, 0.2) is 12.1 Å². The standard InChI is InChI=1S/C11H15ClN2OS/c1-7-5-9(13)8(12)6-10(7)14-11(15)3-4-16-2/h5-6H,3-4,13H2,1-2H3,(H,14,15). The van der Waals surface area contributed by atoms with Crippen LogP contribution in [0, 0.1) is 6.92 Å². The Hall–Kier alpha value is -0.870. The maximum atomic E-state index is 11.5. The first-order valence-corrected chi connectivity index (χ1v) is 6.66. The molecule has 0 saturated carbocycles. The zero-order valence-electron chi connectivity index (χ0n) is 9.34. The highest BCUT2D eigenvalue weighted by molar-refractivity contribution is 7.98. The summed E-state index contributed by atoms with van der Waals surface area (Å²) in [7, 11) is 0. The number of thioether (sulfide) groups is 1. The second-order valence-electron chi connectivity index (χ2n) is 3.48. The van der Waals surface area contributed by atoms with Crippen LogP contribution in [0.1, 0.15) is 12.0 Å². The number of anilines is 2. The van der Waals surface area contributed by atoms with Crippen LogP contribution in [0.5, 0.6) is 0 Å². The Kier molecular flexibility index (Phi) is 4.96. The van der Waals surface area contributed by atoms with Crippen molar-refractivity contribution in [1.82, 2.24) is 0 Å². The second kappa shape index (κ2) is 6.01. The molecule has 0 aliphatic heterocycles. The van der Waals surface area contributed by atoms with E-state index in [-0.39, 0.29) is 5.91 Å². The van der Waals surface area contributed by atoms with Gasteiger partial charge < -0.3 is 11.1 Å². The first-order chi connectivity index (χ1) is 7.54. The molecule has 0 spiro atoms. The molecule has 0 aromatic heterocycles. The summed E-state index contributed by atoms with van der Waals surface area (Å²) < 4.78 is 0. The van der Waals surface area contributed by atoms with Crippen molar-refractivity contribution in [2.24, 2.45) is 0 Å². The van der Waals surface area contributed by atoms with Gasteiger partial charge in [0.15, 0.2) is 0 Å². The van der Waals surface area contributed by atoms with Crippen molar-refractivity contribution >= 4 is 40.6 Å². The Morgan fingerprint density at radius 2 is 2.25 bits per heavy atom. The minimum Gasteiger partial charge on any atom is -0.398 e. The van der Waals surface area contributed by atoms with Crippen LogP contribution in [0.2, 0.25) is 5.02 Å². The van der Waals surface area contributed by atoms with E-state index in [1.165, 1.54) is 0 Å². The van der Waals surface area contributed by atoms with E-state index >= 15 is 0 Å². The summed E-state index contributed by atoms with van der Waals surface area (Å²) in [4.78, 5) is 11.5. The summed E-state index contributed by atoms with van der Waals surface area (Å²) >= 11 is 7.54. The normalized spacial score (nSPS) is 10.2. The smallest absolute Gasteiger partial charge is 0.225 e. The van der Waals surface area contributed by atoms with E-state index in [1.54, 1.807) is 23.9 Å². The molecule has 16 heavy (non-hydrogen) atoms. The molecule has 3 nitrogen and oxygen atoms in total. The van der Waals surface area contributed by atoms with Gasteiger partial charge in [-0.25, -0.2) is 0 Å². The van der Waals surface area contributed by atoms with Gasteiger partial charge in [-0.1, -0.05) is 11.6 Å². The first-order valence-electron chi connectivity index (χ1n) is 4.89. The summed E-state index contributed by atoms with van der Waals surface area (Å²) in [5.74, 6) is 0.811. The molecule has 0 saturated heterocycles. The molecular formula is C11H15ClN2OS. The number of amides is 1. The number of hydrogen-bond acceptors (Lipinski definition) is 3. The number of aryl methyl sites for hydroxylation is 1. The highest BCUT2D eigenvalue weighted by atomic mass is 35.5. The lowest BCUT2D eigenvalue weighted by Gasteiger charge is -2.10. The molecule has 0 unspecified atom stereocenters. The third kappa shape index (κ3) is 3.61. The maximum absolute atomic E-state index is 11.5. The fourth-order valence-electron chi connectivity index (χ4n) is 1.25. The van der Waals surface area contributed by atoms with Crippen molar-refractivity contribution in [2.75, 3.05) is 23.1 Å². The number of nitrogen functional groups attached to an aromatic ring is 1. The van der Waals surface area contributed by atoms with Gasteiger partial charge in [-0.15, -0.1) is 0 Å². The SMILES string of the molecule is CSCCC(=O)Nc1cc(Cl)c(N)cc1C. The van der Waals surface area contributed by atoms with E-state index in [0.29, 0.717) is 17.1 Å². The monoisotopic (exact) mass is 258 g/mol. The van der Waals surface area contributed by atoms with E-state index < -0.39 is 0 Å². The molecule has 1 aromatic carbocycles. The molecule has 88 valence electrons. The van der Waals surface area contributed by atoms with Crippen LogP contribution in [-0.2, 0) is 4.79 Å². The zero-order valence-corrected chi connectivity index (χ0v) is 10.9. The van der Waals surface area contributed by atoms with Crippen LogP contribution in [0.25, 0.3) is 0 Å². The number of halogens is 1. The lowest BCUT2D eigenvalue weighted by Crippen LogP contribution is -2.13. The Morgan fingerprint density at radius 3 is 2.88 bits per heavy atom. The lowest BCUT2D eigenvalue weighted by atomic mass is 10.1. The quantitative estimate of drug-likeness (QED) is 0.817. The molecule has 0 radical (unpaired) electrons. The molecule has 0 bridgehead atoms. The van der Waals surface area contributed by atoms with Crippen LogP contribution >= 0.6 is 23.4 Å². The van der Waals surface area contributed by atoms with Gasteiger partial charge in [0.2, 0.25) is 5.91 Å². The number of nitrogens with one attached hydrogen (secondary N) is 1. The Bertz CT molecular complexity index is 396. The topological polar surface area (TPSA) is 55.1 Å². The third-order valence-electron chi connectivity index (χ3n) is 2.15. The van der Waals surface area contributed by atoms with Gasteiger partial charge in [-0.05, 0) is 30.9 Å². The largest absolute Gasteiger partial charge is 0.398 e. The van der Waals surface area contributed by atoms with E-state index in [4.69, 9.17) is 17.3 Å². The number of benzene rings is 1. The van der Waals surface area contributed by atoms with Gasteiger partial charge in [0.25, 0.3) is 0 Å². The highest BCUT2D eigenvalue weighted by Crippen LogP contribution is 2.26. The fraction of sp³-hybridized carbons (Fsp3) is 0.364. The lowest BCUT2D eigenvalue weighted by molar-refractivity contribution is -0.115. The molecule has 0 atom stereocenters. The molecule has 3 N–H and O–H groups in total. The van der Waals surface area contributed by atoms with Crippen LogP contribution in [0.4, 0.5) is 11.4 Å². The fourth-order valence-corrected chi connectivity index (χ4v) is 1.80. The molecule has 1 aromatic rings. The number of carbonyl (C=O) groups excluding carboxylic acids is 1. The van der Waals surface area contributed by atoms with Crippen molar-refractivity contribution in [1.29, 1.82) is 0 Å². The van der Waals surface area contributed by atoms with E-state index in [9.17, 15) is 4.79 Å². The molecule has 0 aliphatic rings. The number of carbonyl (C=O) groups is 1. The summed E-state index contributed by atoms with van der Waals surface area (Å²) in [5, 5.41) is 3.28. The molecule has 1 rings (SSSR count). The van der Waals surface area contributed by atoms with Gasteiger partial charge in [-0.3, -0.25) is 4.79 Å². The average molecular weight is 259 g/mol. The minimum atomic E-state index is -0.00159. The van der Waals surface area contributed by atoms with Crippen molar-refractivity contribution in [3.05, 3.63) is 22.7 Å². The van der Waals surface area contributed by atoms with Gasteiger partial charge in [-0.2, -0.15) is 11.8 Å². The van der Waals surface area contributed by atoms with Gasteiger partial charge in [0.05, 0.1) is 10.7 Å². The maximum Gasteiger partial charge on any atom is 0.225 e. The zero-order chi connectivity index (χ0) is 12.1. The average Bonchev–Trinajstić information content (AvgIpc) is 2.23. The Balaban J connectivity index is 2.73. The number of nitrogens with two attached hydrogens (primary N) is 1. The van der Waals surface area contributed by atoms with Crippen molar-refractivity contribution in [3.63, 3.8) is 0 Å². The second-order valence-corrected chi connectivity index (χ2v) is 4.87. The summed E-state index contributed by atoms with van der Waals surface area (Å²) in [6, 6.07) is 3.44. The molecule has 5 heteroatoms. The van der Waals surface area contributed by atoms with Crippen LogP contribution in [0.3, 0.4) is 0 Å². The van der Waals surface area contributed by atoms with E-state index in [0.717, 1.165) is 17.0 Å². The third-order valence-corrected chi connectivity index (χ3v) is 3.09. The highest BCUT2D eigenvalue weighted by Gasteiger charge is 2.07. The van der Waals surface area contributed by atoms with Crippen LogP contribution in [-0.4, -0.2) is 17.9 Å². The van der Waals surface area contributed by atoms with Crippen LogP contribution < -0.4 is 11.1 Å². The van der Waals surface area contributed by atoms with Crippen molar-refractivity contribution < 1.29 is 4.79 Å². The summed E-state index contributed by atoms with van der Waals surface area (Å²) in [6.45, 7) is 1.89. The number of hydrogen-bond donors (Lipinski definition) is 2. The van der Waals surface area contributed by atoms with Crippen molar-refractivity contribution in [3.8, 4) is 0 Å². The van der Waals surface area contributed by atoms with E-state index in [2.05, 4.69) is 5.32 Å². The van der Waals surface area contributed by atoms with Gasteiger partial charge >= 0.3 is 0 Å². The molecule has 0 fully saturated rings. The van der Waals surface area contributed by atoms with E-state index in [1.807, 2.05) is 13.2 Å². The summed E-state index contributed by atoms with van der Waals surface area (Å²) in [5.41, 5.74) is 7.82. The molecule has 0 aliphatic carbocycles. The molecule has 0 heterocycles.